The summed E-state index contributed by atoms with van der Waals surface area (Å²) in [6.45, 7) is 0. The predicted octanol–water partition coefficient (Wildman–Crippen LogP) is 13.8. The second-order valence-electron chi connectivity index (χ2n) is 14.9. The molecule has 9 aromatic carbocycles. The van der Waals surface area contributed by atoms with Crippen molar-refractivity contribution in [3.63, 3.8) is 0 Å². The minimum atomic E-state index is -0.560. The zero-order chi connectivity index (χ0) is 37.8. The average molecular weight is 725 g/mol. The molecular weight excluding hydrogens is 689 g/mol. The molecule has 2 nitrogen and oxygen atoms in total. The maximum Gasteiger partial charge on any atom is 0.160 e. The molecule has 0 N–H and O–H groups in total. The Morgan fingerprint density at radius 3 is 1.46 bits per heavy atom. The van der Waals surface area contributed by atoms with Crippen LogP contribution in [0.2, 0.25) is 0 Å². The number of aromatic nitrogens is 2. The summed E-state index contributed by atoms with van der Waals surface area (Å²) < 4.78 is 0. The first-order valence-electron chi connectivity index (χ1n) is 19.6. The lowest BCUT2D eigenvalue weighted by Crippen LogP contribution is -2.29. The van der Waals surface area contributed by atoms with Gasteiger partial charge in [0.2, 0.25) is 0 Å². The molecule has 0 aliphatic heterocycles. The van der Waals surface area contributed by atoms with Gasteiger partial charge in [-0.15, -0.1) is 0 Å². The topological polar surface area (TPSA) is 25.8 Å². The molecule has 0 unspecified atom stereocenters. The highest BCUT2D eigenvalue weighted by molar-refractivity contribution is 6.07. The molecular formula is C55H36N2. The fourth-order valence-corrected chi connectivity index (χ4v) is 9.27. The van der Waals surface area contributed by atoms with Crippen molar-refractivity contribution in [1.29, 1.82) is 0 Å². The Bertz CT molecular complexity index is 3000. The van der Waals surface area contributed by atoms with Crippen LogP contribution < -0.4 is 0 Å². The van der Waals surface area contributed by atoms with Gasteiger partial charge in [-0.25, -0.2) is 9.97 Å². The van der Waals surface area contributed by atoms with Crippen LogP contribution in [0.4, 0.5) is 0 Å². The van der Waals surface area contributed by atoms with Crippen LogP contribution in [-0.4, -0.2) is 9.97 Å². The summed E-state index contributed by atoms with van der Waals surface area (Å²) in [5.74, 6) is 0.710. The molecule has 0 amide bonds. The summed E-state index contributed by atoms with van der Waals surface area (Å²) in [4.78, 5) is 10.3. The van der Waals surface area contributed by atoms with Crippen molar-refractivity contribution in [3.05, 3.63) is 241 Å². The van der Waals surface area contributed by atoms with E-state index in [9.17, 15) is 0 Å². The number of fused-ring (bicyclic) bond motifs is 5. The van der Waals surface area contributed by atoms with Crippen molar-refractivity contribution in [3.8, 4) is 56.2 Å². The third kappa shape index (κ3) is 5.26. The van der Waals surface area contributed by atoms with Crippen LogP contribution in [0.25, 0.3) is 77.7 Å². The van der Waals surface area contributed by atoms with E-state index in [1.165, 1.54) is 60.7 Å². The molecule has 0 atom stereocenters. The van der Waals surface area contributed by atoms with Gasteiger partial charge in [-0.1, -0.05) is 200 Å². The summed E-state index contributed by atoms with van der Waals surface area (Å²) in [5, 5.41) is 4.82. The van der Waals surface area contributed by atoms with E-state index in [1.807, 2.05) is 24.3 Å². The second-order valence-corrected chi connectivity index (χ2v) is 14.9. The lowest BCUT2D eigenvalue weighted by atomic mass is 9.66. The van der Waals surface area contributed by atoms with Crippen LogP contribution in [0.3, 0.4) is 0 Å². The largest absolute Gasteiger partial charge is 0.228 e. The third-order valence-electron chi connectivity index (χ3n) is 11.8. The molecule has 0 spiro atoms. The quantitative estimate of drug-likeness (QED) is 0.171. The minimum absolute atomic E-state index is 0.560. The number of benzene rings is 9. The van der Waals surface area contributed by atoms with Gasteiger partial charge in [0.05, 0.1) is 16.8 Å². The first kappa shape index (κ1) is 33.0. The van der Waals surface area contributed by atoms with Crippen molar-refractivity contribution >= 4 is 21.5 Å². The molecule has 2 heteroatoms. The Hall–Kier alpha value is -7.42. The van der Waals surface area contributed by atoms with Crippen LogP contribution in [-0.2, 0) is 5.41 Å². The van der Waals surface area contributed by atoms with Crippen molar-refractivity contribution in [2.45, 2.75) is 5.41 Å². The van der Waals surface area contributed by atoms with Gasteiger partial charge in [0.25, 0.3) is 0 Å². The van der Waals surface area contributed by atoms with Crippen LogP contribution in [0.15, 0.2) is 218 Å². The van der Waals surface area contributed by atoms with Crippen LogP contribution in [0.5, 0.6) is 0 Å². The molecule has 0 bridgehead atoms. The fraction of sp³-hybridized carbons (Fsp3) is 0.0182. The Morgan fingerprint density at radius 2 is 0.807 bits per heavy atom. The number of hydrogen-bond acceptors (Lipinski definition) is 2. The maximum absolute atomic E-state index is 5.25. The maximum atomic E-state index is 5.25. The van der Waals surface area contributed by atoms with Crippen molar-refractivity contribution < 1.29 is 0 Å². The highest BCUT2D eigenvalue weighted by Gasteiger charge is 2.48. The summed E-state index contributed by atoms with van der Waals surface area (Å²) in [7, 11) is 0. The van der Waals surface area contributed by atoms with E-state index >= 15 is 0 Å². The molecule has 1 aromatic heterocycles. The normalized spacial score (nSPS) is 12.7. The van der Waals surface area contributed by atoms with Gasteiger partial charge in [0, 0.05) is 16.7 Å². The summed E-state index contributed by atoms with van der Waals surface area (Å²) >= 11 is 0. The van der Waals surface area contributed by atoms with E-state index in [2.05, 4.69) is 194 Å². The molecule has 1 aliphatic carbocycles. The van der Waals surface area contributed by atoms with Gasteiger partial charge in [-0.2, -0.15) is 0 Å². The third-order valence-corrected chi connectivity index (χ3v) is 11.8. The van der Waals surface area contributed by atoms with Gasteiger partial charge in [-0.05, 0) is 84.3 Å². The van der Waals surface area contributed by atoms with Gasteiger partial charge in [-0.3, -0.25) is 0 Å². The molecule has 57 heavy (non-hydrogen) atoms. The van der Waals surface area contributed by atoms with Crippen molar-refractivity contribution in [1.82, 2.24) is 9.97 Å². The Balaban J connectivity index is 1.19. The summed E-state index contributed by atoms with van der Waals surface area (Å²) in [6, 6.07) is 78.9. The average Bonchev–Trinajstić information content (AvgIpc) is 3.59. The van der Waals surface area contributed by atoms with E-state index in [-0.39, 0.29) is 0 Å². The highest BCUT2D eigenvalue weighted by Crippen LogP contribution is 2.59. The van der Waals surface area contributed by atoms with E-state index in [0.717, 1.165) is 33.5 Å². The highest BCUT2D eigenvalue weighted by atomic mass is 14.9. The number of nitrogens with zero attached hydrogens (tertiary/aromatic N) is 2. The van der Waals surface area contributed by atoms with Crippen LogP contribution in [0, 0.1) is 0 Å². The molecule has 0 radical (unpaired) electrons. The lowest BCUT2D eigenvalue weighted by Gasteiger charge is -2.35. The summed E-state index contributed by atoms with van der Waals surface area (Å²) in [6.07, 6.45) is 0. The Labute approximate surface area is 332 Å². The van der Waals surface area contributed by atoms with Gasteiger partial charge >= 0.3 is 0 Å². The SMILES string of the molecule is c1ccc(-c2cc(-c3ccc(-c4cccc5c4C(c4ccccc4)(c4ccccc4)c4cc6ccccc6cc4-5)c4ccccc34)nc(-c3ccccc3)n2)cc1. The van der Waals surface area contributed by atoms with Crippen molar-refractivity contribution in [2.75, 3.05) is 0 Å². The Morgan fingerprint density at radius 1 is 0.316 bits per heavy atom. The van der Waals surface area contributed by atoms with E-state index in [0.29, 0.717) is 5.82 Å². The van der Waals surface area contributed by atoms with Crippen LogP contribution >= 0.6 is 0 Å². The number of hydrogen-bond donors (Lipinski definition) is 0. The first-order valence-corrected chi connectivity index (χ1v) is 19.6. The first-order chi connectivity index (χ1) is 28.3. The second kappa shape index (κ2) is 13.4. The molecule has 0 saturated carbocycles. The molecule has 0 saturated heterocycles. The van der Waals surface area contributed by atoms with Gasteiger partial charge in [0.15, 0.2) is 5.82 Å². The Kier molecular flexibility index (Phi) is 7.75. The molecule has 0 fully saturated rings. The van der Waals surface area contributed by atoms with Crippen LogP contribution in [0.1, 0.15) is 22.3 Å². The zero-order valence-corrected chi connectivity index (χ0v) is 31.2. The minimum Gasteiger partial charge on any atom is -0.228 e. The van der Waals surface area contributed by atoms with E-state index in [1.54, 1.807) is 0 Å². The monoisotopic (exact) mass is 724 g/mol. The van der Waals surface area contributed by atoms with Gasteiger partial charge in [0.1, 0.15) is 0 Å². The molecule has 1 aliphatic rings. The molecule has 266 valence electrons. The van der Waals surface area contributed by atoms with E-state index < -0.39 is 5.41 Å². The zero-order valence-electron chi connectivity index (χ0n) is 31.2. The van der Waals surface area contributed by atoms with Gasteiger partial charge < -0.3 is 0 Å². The smallest absolute Gasteiger partial charge is 0.160 e. The molecule has 11 rings (SSSR count). The lowest BCUT2D eigenvalue weighted by molar-refractivity contribution is 0.771. The predicted molar refractivity (Wildman–Crippen MR) is 236 cm³/mol. The summed E-state index contributed by atoms with van der Waals surface area (Å²) in [5.41, 5.74) is 14.4. The fourth-order valence-electron chi connectivity index (χ4n) is 9.27. The molecule has 10 aromatic rings. The van der Waals surface area contributed by atoms with E-state index in [4.69, 9.17) is 9.97 Å². The number of rotatable bonds is 6. The van der Waals surface area contributed by atoms with Crippen molar-refractivity contribution in [2.24, 2.45) is 0 Å². The molecule has 1 heterocycles. The standard InChI is InChI=1S/C55H36N2/c1-5-18-37(19-6-1)51-36-52(57-54(56-51)38-20-7-2-8-21-38)46-33-32-45(43-28-15-16-29-44(43)46)47-30-17-31-48-49-34-39-22-13-14-23-40(39)35-50(49)55(53(47)48,41-24-9-3-10-25-41)42-26-11-4-12-27-42/h1-36H.